The monoisotopic (exact) mass is 276 g/mol. The van der Waals surface area contributed by atoms with Gasteiger partial charge in [0.1, 0.15) is 6.61 Å². The maximum absolute atomic E-state index is 11.9. The fourth-order valence-electron chi connectivity index (χ4n) is 2.47. The van der Waals surface area contributed by atoms with Gasteiger partial charge in [-0.3, -0.25) is 0 Å². The molecule has 0 unspecified atom stereocenters. The highest BCUT2D eigenvalue weighted by Crippen LogP contribution is 2.16. The summed E-state index contributed by atoms with van der Waals surface area (Å²) in [5, 5.41) is 3.36. The van der Waals surface area contributed by atoms with Crippen molar-refractivity contribution >= 4 is 6.09 Å². The number of carbonyl (C=O) groups is 1. The van der Waals surface area contributed by atoms with Crippen LogP contribution in [0.25, 0.3) is 0 Å². The first-order chi connectivity index (χ1) is 9.75. The van der Waals surface area contributed by atoms with Gasteiger partial charge < -0.3 is 15.0 Å². The first-order valence-electron chi connectivity index (χ1n) is 7.38. The minimum atomic E-state index is -0.234. The fraction of sp³-hybridized carbons (Fsp3) is 0.562. The number of amides is 1. The van der Waals surface area contributed by atoms with E-state index in [4.69, 9.17) is 4.74 Å². The third-order valence-electron chi connectivity index (χ3n) is 3.85. The summed E-state index contributed by atoms with van der Waals surface area (Å²) in [5.74, 6) is 0.737. The average molecular weight is 276 g/mol. The Balaban J connectivity index is 1.66. The van der Waals surface area contributed by atoms with Crippen molar-refractivity contribution in [3.8, 4) is 0 Å². The average Bonchev–Trinajstić information content (AvgIpc) is 2.52. The Hall–Kier alpha value is -1.55. The maximum atomic E-state index is 11.9. The van der Waals surface area contributed by atoms with Crippen molar-refractivity contribution in [3.63, 3.8) is 0 Å². The summed E-state index contributed by atoms with van der Waals surface area (Å²) >= 11 is 0. The van der Waals surface area contributed by atoms with Gasteiger partial charge in [-0.2, -0.15) is 0 Å². The number of piperidine rings is 1. The van der Waals surface area contributed by atoms with E-state index in [1.807, 2.05) is 37.4 Å². The molecule has 1 aliphatic rings. The number of hydrogen-bond acceptors (Lipinski definition) is 3. The van der Waals surface area contributed by atoms with Crippen LogP contribution in [0.4, 0.5) is 4.79 Å². The maximum Gasteiger partial charge on any atom is 0.409 e. The first kappa shape index (κ1) is 14.9. The summed E-state index contributed by atoms with van der Waals surface area (Å²) in [7, 11) is 1.81. The molecular weight excluding hydrogens is 252 g/mol. The Bertz CT molecular complexity index is 402. The van der Waals surface area contributed by atoms with E-state index in [9.17, 15) is 4.79 Å². The second-order valence-electron chi connectivity index (χ2n) is 5.44. The minimum Gasteiger partial charge on any atom is -0.445 e. The number of ether oxygens (including phenoxy) is 1. The molecule has 1 amide bonds. The van der Waals surface area contributed by atoms with Crippen molar-refractivity contribution in [2.24, 2.45) is 5.92 Å². The Morgan fingerprint density at radius 1 is 1.30 bits per heavy atom. The highest BCUT2D eigenvalue weighted by Gasteiger charge is 2.16. The molecule has 1 aromatic rings. The summed E-state index contributed by atoms with van der Waals surface area (Å²) in [6.45, 7) is 3.33. The summed E-state index contributed by atoms with van der Waals surface area (Å²) in [6.07, 6.45) is 3.26. The van der Waals surface area contributed by atoms with E-state index in [1.54, 1.807) is 4.90 Å². The number of carbonyl (C=O) groups excluding carboxylic acids is 1. The Morgan fingerprint density at radius 2 is 2.00 bits per heavy atom. The number of benzene rings is 1. The highest BCUT2D eigenvalue weighted by molar-refractivity contribution is 5.67. The van der Waals surface area contributed by atoms with Gasteiger partial charge in [-0.1, -0.05) is 30.3 Å². The van der Waals surface area contributed by atoms with Gasteiger partial charge in [0, 0.05) is 13.6 Å². The molecule has 0 radical (unpaired) electrons. The van der Waals surface area contributed by atoms with Gasteiger partial charge in [-0.15, -0.1) is 0 Å². The third kappa shape index (κ3) is 4.85. The predicted molar refractivity (Wildman–Crippen MR) is 79.5 cm³/mol. The number of hydrogen-bond donors (Lipinski definition) is 1. The van der Waals surface area contributed by atoms with Crippen molar-refractivity contribution in [1.82, 2.24) is 10.2 Å². The number of nitrogens with one attached hydrogen (secondary N) is 1. The van der Waals surface area contributed by atoms with Gasteiger partial charge in [0.2, 0.25) is 0 Å². The molecular formula is C16H24N2O2. The van der Waals surface area contributed by atoms with Crippen molar-refractivity contribution in [2.45, 2.75) is 25.9 Å². The molecule has 0 aromatic heterocycles. The van der Waals surface area contributed by atoms with Crippen LogP contribution in [-0.4, -0.2) is 37.7 Å². The largest absolute Gasteiger partial charge is 0.445 e. The van der Waals surface area contributed by atoms with Crippen LogP contribution in [0.5, 0.6) is 0 Å². The van der Waals surface area contributed by atoms with Gasteiger partial charge in [0.25, 0.3) is 0 Å². The molecule has 110 valence electrons. The van der Waals surface area contributed by atoms with E-state index >= 15 is 0 Å². The zero-order valence-corrected chi connectivity index (χ0v) is 12.2. The lowest BCUT2D eigenvalue weighted by molar-refractivity contribution is 0.102. The Morgan fingerprint density at radius 3 is 2.70 bits per heavy atom. The van der Waals surface area contributed by atoms with Gasteiger partial charge in [0.15, 0.2) is 0 Å². The number of nitrogens with zero attached hydrogens (tertiary/aromatic N) is 1. The topological polar surface area (TPSA) is 41.6 Å². The molecule has 0 atom stereocenters. The van der Waals surface area contributed by atoms with E-state index in [1.165, 1.54) is 12.8 Å². The van der Waals surface area contributed by atoms with E-state index in [2.05, 4.69) is 5.32 Å². The van der Waals surface area contributed by atoms with Gasteiger partial charge in [-0.05, 0) is 43.8 Å². The lowest BCUT2D eigenvalue weighted by Gasteiger charge is -2.25. The molecule has 0 saturated carbocycles. The van der Waals surface area contributed by atoms with Crippen LogP contribution < -0.4 is 5.32 Å². The zero-order valence-electron chi connectivity index (χ0n) is 12.2. The van der Waals surface area contributed by atoms with E-state index in [0.717, 1.165) is 37.5 Å². The molecule has 2 rings (SSSR count). The molecule has 1 aliphatic heterocycles. The molecule has 1 N–H and O–H groups in total. The molecule has 1 fully saturated rings. The van der Waals surface area contributed by atoms with Crippen molar-refractivity contribution in [3.05, 3.63) is 35.9 Å². The molecule has 1 aromatic carbocycles. The van der Waals surface area contributed by atoms with Gasteiger partial charge in [-0.25, -0.2) is 4.79 Å². The zero-order chi connectivity index (χ0) is 14.2. The summed E-state index contributed by atoms with van der Waals surface area (Å²) in [5.41, 5.74) is 1.02. The summed E-state index contributed by atoms with van der Waals surface area (Å²) < 4.78 is 5.30. The fourth-order valence-corrected chi connectivity index (χ4v) is 2.47. The molecule has 4 heteroatoms. The smallest absolute Gasteiger partial charge is 0.409 e. The molecule has 20 heavy (non-hydrogen) atoms. The molecule has 0 spiro atoms. The molecule has 1 saturated heterocycles. The standard InChI is InChI=1S/C16H24N2O2/c1-18(12-9-14-7-10-17-11-8-14)16(19)20-13-15-5-3-2-4-6-15/h2-6,14,17H,7-13H2,1H3. The summed E-state index contributed by atoms with van der Waals surface area (Å²) in [6, 6.07) is 9.77. The first-order valence-corrected chi connectivity index (χ1v) is 7.38. The normalized spacial score (nSPS) is 15.8. The van der Waals surface area contributed by atoms with Crippen LogP contribution in [0, 0.1) is 5.92 Å². The Labute approximate surface area is 121 Å². The van der Waals surface area contributed by atoms with Crippen molar-refractivity contribution < 1.29 is 9.53 Å². The van der Waals surface area contributed by atoms with Crippen LogP contribution in [0.1, 0.15) is 24.8 Å². The van der Waals surface area contributed by atoms with E-state index in [-0.39, 0.29) is 6.09 Å². The summed E-state index contributed by atoms with van der Waals surface area (Å²) in [4.78, 5) is 13.6. The van der Waals surface area contributed by atoms with E-state index < -0.39 is 0 Å². The van der Waals surface area contributed by atoms with Gasteiger partial charge >= 0.3 is 6.09 Å². The van der Waals surface area contributed by atoms with Crippen LogP contribution in [0.2, 0.25) is 0 Å². The predicted octanol–water partition coefficient (Wildman–Crippen LogP) is 2.64. The lowest BCUT2D eigenvalue weighted by Crippen LogP contribution is -2.32. The van der Waals surface area contributed by atoms with Crippen LogP contribution in [-0.2, 0) is 11.3 Å². The van der Waals surface area contributed by atoms with Crippen LogP contribution in [0.15, 0.2) is 30.3 Å². The quantitative estimate of drug-likeness (QED) is 0.899. The second kappa shape index (κ2) is 7.90. The third-order valence-corrected chi connectivity index (χ3v) is 3.85. The molecule has 1 heterocycles. The van der Waals surface area contributed by atoms with Crippen molar-refractivity contribution in [1.29, 1.82) is 0 Å². The lowest BCUT2D eigenvalue weighted by atomic mass is 9.94. The number of rotatable bonds is 5. The molecule has 0 bridgehead atoms. The Kier molecular flexibility index (Phi) is 5.87. The van der Waals surface area contributed by atoms with Crippen LogP contribution >= 0.6 is 0 Å². The minimum absolute atomic E-state index is 0.234. The SMILES string of the molecule is CN(CCC1CCNCC1)C(=O)OCc1ccccc1. The second-order valence-corrected chi connectivity index (χ2v) is 5.44. The molecule has 0 aliphatic carbocycles. The van der Waals surface area contributed by atoms with E-state index in [0.29, 0.717) is 6.61 Å². The van der Waals surface area contributed by atoms with Crippen LogP contribution in [0.3, 0.4) is 0 Å². The van der Waals surface area contributed by atoms with Gasteiger partial charge in [0.05, 0.1) is 0 Å². The van der Waals surface area contributed by atoms with Crippen molar-refractivity contribution in [2.75, 3.05) is 26.7 Å². The molecule has 4 nitrogen and oxygen atoms in total. The highest BCUT2D eigenvalue weighted by atomic mass is 16.6.